The number of carbonyl (C=O) groups excluding carboxylic acids is 1. The van der Waals surface area contributed by atoms with E-state index in [0.29, 0.717) is 13.0 Å². The van der Waals surface area contributed by atoms with Gasteiger partial charge in [0.2, 0.25) is 12.7 Å². The van der Waals surface area contributed by atoms with Gasteiger partial charge in [0.25, 0.3) is 0 Å². The number of hydrogen-bond acceptors (Lipinski definition) is 5. The smallest absolute Gasteiger partial charge is 0.231 e. The molecule has 3 N–H and O–H groups in total. The Bertz CT molecular complexity index is 564. The molecule has 1 aromatic rings. The highest BCUT2D eigenvalue weighted by molar-refractivity contribution is 5.76. The third kappa shape index (κ3) is 4.32. The zero-order valence-electron chi connectivity index (χ0n) is 14.1. The van der Waals surface area contributed by atoms with Gasteiger partial charge in [0.15, 0.2) is 11.5 Å². The van der Waals surface area contributed by atoms with Crippen LogP contribution in [-0.4, -0.2) is 43.3 Å². The van der Waals surface area contributed by atoms with Crippen molar-refractivity contribution in [3.8, 4) is 11.5 Å². The molecular formula is C18H27N3O3. The molecule has 1 amide bonds. The van der Waals surface area contributed by atoms with Gasteiger partial charge in [-0.1, -0.05) is 6.42 Å². The molecule has 1 saturated heterocycles. The number of piperidine rings is 1. The summed E-state index contributed by atoms with van der Waals surface area (Å²) in [4.78, 5) is 14.3. The maximum atomic E-state index is 12.3. The van der Waals surface area contributed by atoms with Gasteiger partial charge in [-0.2, -0.15) is 0 Å². The van der Waals surface area contributed by atoms with Crippen molar-refractivity contribution in [3.05, 3.63) is 18.2 Å². The second-order valence-electron chi connectivity index (χ2n) is 6.49. The number of nitrogens with zero attached hydrogens (tertiary/aromatic N) is 1. The maximum Gasteiger partial charge on any atom is 0.231 e. The topological polar surface area (TPSA) is 76.8 Å². The molecule has 2 heterocycles. The zero-order chi connectivity index (χ0) is 16.8. The third-order valence-corrected chi connectivity index (χ3v) is 4.61. The molecule has 132 valence electrons. The minimum atomic E-state index is 0.268. The van der Waals surface area contributed by atoms with E-state index in [9.17, 15) is 4.79 Å². The average molecular weight is 333 g/mol. The van der Waals surface area contributed by atoms with E-state index in [1.165, 1.54) is 0 Å². The fourth-order valence-electron chi connectivity index (χ4n) is 3.30. The summed E-state index contributed by atoms with van der Waals surface area (Å²) in [6.45, 7) is 2.63. The van der Waals surface area contributed by atoms with Gasteiger partial charge >= 0.3 is 0 Å². The molecule has 0 spiro atoms. The van der Waals surface area contributed by atoms with Crippen molar-refractivity contribution in [2.45, 2.75) is 44.6 Å². The van der Waals surface area contributed by atoms with E-state index in [-0.39, 0.29) is 18.7 Å². The first kappa shape index (κ1) is 16.9. The van der Waals surface area contributed by atoms with Gasteiger partial charge in [-0.15, -0.1) is 0 Å². The number of likely N-dealkylation sites (tertiary alicyclic amines) is 1. The van der Waals surface area contributed by atoms with Crippen molar-refractivity contribution in [2.24, 2.45) is 5.73 Å². The van der Waals surface area contributed by atoms with Gasteiger partial charge < -0.3 is 25.4 Å². The number of unbranched alkanes of at least 4 members (excludes halogenated alkanes) is 2. The highest BCUT2D eigenvalue weighted by Crippen LogP contribution is 2.34. The number of rotatable bonds is 7. The summed E-state index contributed by atoms with van der Waals surface area (Å²) in [5, 5.41) is 3.53. The Morgan fingerprint density at radius 1 is 1.25 bits per heavy atom. The van der Waals surface area contributed by atoms with Gasteiger partial charge in [0.1, 0.15) is 0 Å². The number of carbonyl (C=O) groups is 1. The van der Waals surface area contributed by atoms with E-state index in [0.717, 1.165) is 62.4 Å². The van der Waals surface area contributed by atoms with Crippen LogP contribution < -0.4 is 20.5 Å². The Labute approximate surface area is 143 Å². The van der Waals surface area contributed by atoms with Crippen LogP contribution in [0.15, 0.2) is 18.2 Å². The van der Waals surface area contributed by atoms with Crippen LogP contribution in [-0.2, 0) is 4.79 Å². The van der Waals surface area contributed by atoms with Crippen molar-refractivity contribution in [3.63, 3.8) is 0 Å². The van der Waals surface area contributed by atoms with Crippen LogP contribution in [0.1, 0.15) is 38.5 Å². The molecule has 6 nitrogen and oxygen atoms in total. The van der Waals surface area contributed by atoms with Gasteiger partial charge in [-0.25, -0.2) is 0 Å². The van der Waals surface area contributed by atoms with Crippen molar-refractivity contribution in [1.29, 1.82) is 0 Å². The summed E-state index contributed by atoms with van der Waals surface area (Å²) < 4.78 is 10.8. The molecule has 2 aliphatic heterocycles. The van der Waals surface area contributed by atoms with Gasteiger partial charge in [-0.05, 0) is 44.4 Å². The first-order valence-electron chi connectivity index (χ1n) is 8.90. The SMILES string of the molecule is NCCCCCC(=O)N1CCC[C@H](Nc2ccc3c(c2)OCO3)C1. The van der Waals surface area contributed by atoms with Gasteiger partial charge in [-0.3, -0.25) is 4.79 Å². The first-order chi connectivity index (χ1) is 11.8. The minimum Gasteiger partial charge on any atom is -0.454 e. The van der Waals surface area contributed by atoms with E-state index < -0.39 is 0 Å². The average Bonchev–Trinajstić information content (AvgIpc) is 3.06. The number of anilines is 1. The quantitative estimate of drug-likeness (QED) is 0.749. The van der Waals surface area contributed by atoms with Crippen LogP contribution in [0.25, 0.3) is 0 Å². The number of ether oxygens (including phenoxy) is 2. The molecule has 3 rings (SSSR count). The summed E-state index contributed by atoms with van der Waals surface area (Å²) in [5.41, 5.74) is 6.51. The molecule has 1 atom stereocenters. The van der Waals surface area contributed by atoms with E-state index in [4.69, 9.17) is 15.2 Å². The molecule has 0 bridgehead atoms. The number of nitrogens with two attached hydrogens (primary N) is 1. The van der Waals surface area contributed by atoms with Crippen LogP contribution >= 0.6 is 0 Å². The summed E-state index contributed by atoms with van der Waals surface area (Å²) >= 11 is 0. The lowest BCUT2D eigenvalue weighted by Crippen LogP contribution is -2.45. The lowest BCUT2D eigenvalue weighted by Gasteiger charge is -2.34. The molecule has 0 radical (unpaired) electrons. The van der Waals surface area contributed by atoms with Crippen LogP contribution in [0.4, 0.5) is 5.69 Å². The monoisotopic (exact) mass is 333 g/mol. The number of fused-ring (bicyclic) bond motifs is 1. The lowest BCUT2D eigenvalue weighted by atomic mass is 10.0. The fraction of sp³-hybridized carbons (Fsp3) is 0.611. The van der Waals surface area contributed by atoms with Crippen LogP contribution in [0.5, 0.6) is 11.5 Å². The standard InChI is InChI=1S/C18H27N3O3/c19-9-3-1-2-6-18(22)21-10-4-5-15(12-21)20-14-7-8-16-17(11-14)24-13-23-16/h7-8,11,15,20H,1-6,9-10,12-13,19H2/t15-/m0/s1. The predicted octanol–water partition coefficient (Wildman–Crippen LogP) is 2.34. The zero-order valence-corrected chi connectivity index (χ0v) is 14.1. The van der Waals surface area contributed by atoms with E-state index in [1.807, 2.05) is 23.1 Å². The van der Waals surface area contributed by atoms with Crippen molar-refractivity contribution in [2.75, 3.05) is 31.7 Å². The summed E-state index contributed by atoms with van der Waals surface area (Å²) in [6, 6.07) is 6.18. The predicted molar refractivity (Wildman–Crippen MR) is 93.3 cm³/mol. The van der Waals surface area contributed by atoms with Crippen LogP contribution in [0, 0.1) is 0 Å². The number of benzene rings is 1. The molecule has 2 aliphatic rings. The first-order valence-corrected chi connectivity index (χ1v) is 8.90. The van der Waals surface area contributed by atoms with Crippen LogP contribution in [0.3, 0.4) is 0 Å². The highest BCUT2D eigenvalue weighted by atomic mass is 16.7. The summed E-state index contributed by atoms with van der Waals surface area (Å²) in [6.07, 6.45) is 5.72. The minimum absolute atomic E-state index is 0.268. The Morgan fingerprint density at radius 3 is 3.00 bits per heavy atom. The Hall–Kier alpha value is -1.95. The normalized spacial score (nSPS) is 19.4. The molecule has 0 aromatic heterocycles. The summed E-state index contributed by atoms with van der Waals surface area (Å²) in [7, 11) is 0. The number of hydrogen-bond donors (Lipinski definition) is 2. The largest absolute Gasteiger partial charge is 0.454 e. The second kappa shape index (κ2) is 8.24. The molecule has 0 saturated carbocycles. The second-order valence-corrected chi connectivity index (χ2v) is 6.49. The van der Waals surface area contributed by atoms with Gasteiger partial charge in [0, 0.05) is 37.3 Å². The molecule has 0 aliphatic carbocycles. The molecule has 1 aromatic carbocycles. The number of amides is 1. The molecule has 24 heavy (non-hydrogen) atoms. The van der Waals surface area contributed by atoms with Crippen molar-refractivity contribution >= 4 is 11.6 Å². The third-order valence-electron chi connectivity index (χ3n) is 4.61. The molecule has 1 fully saturated rings. The molecule has 0 unspecified atom stereocenters. The Kier molecular flexibility index (Phi) is 5.80. The van der Waals surface area contributed by atoms with Crippen molar-refractivity contribution < 1.29 is 14.3 Å². The fourth-order valence-corrected chi connectivity index (χ4v) is 3.30. The maximum absolute atomic E-state index is 12.3. The summed E-state index contributed by atoms with van der Waals surface area (Å²) in [5.74, 6) is 1.84. The van der Waals surface area contributed by atoms with Crippen LogP contribution in [0.2, 0.25) is 0 Å². The number of nitrogens with one attached hydrogen (secondary N) is 1. The van der Waals surface area contributed by atoms with E-state index in [1.54, 1.807) is 0 Å². The van der Waals surface area contributed by atoms with E-state index >= 15 is 0 Å². The van der Waals surface area contributed by atoms with Gasteiger partial charge in [0.05, 0.1) is 0 Å². The Balaban J connectivity index is 1.49. The highest BCUT2D eigenvalue weighted by Gasteiger charge is 2.23. The van der Waals surface area contributed by atoms with Crippen molar-refractivity contribution in [1.82, 2.24) is 4.90 Å². The van der Waals surface area contributed by atoms with E-state index in [2.05, 4.69) is 5.32 Å². The molecular weight excluding hydrogens is 306 g/mol. The lowest BCUT2D eigenvalue weighted by molar-refractivity contribution is -0.132. The molecule has 6 heteroatoms. The Morgan fingerprint density at radius 2 is 2.12 bits per heavy atom.